The van der Waals surface area contributed by atoms with Crippen molar-refractivity contribution in [2.75, 3.05) is 50.6 Å². The lowest BCUT2D eigenvalue weighted by molar-refractivity contribution is 0.0982. The molecule has 4 rings (SSSR count). The first-order chi connectivity index (χ1) is 16.5. The van der Waals surface area contributed by atoms with Gasteiger partial charge in [-0.2, -0.15) is 0 Å². The largest absolute Gasteiger partial charge is 0.493 e. The molecule has 34 heavy (non-hydrogen) atoms. The molecule has 1 saturated heterocycles. The van der Waals surface area contributed by atoms with E-state index in [1.165, 1.54) is 0 Å². The molecule has 0 saturated carbocycles. The molecule has 9 heteroatoms. The Morgan fingerprint density at radius 2 is 1.71 bits per heavy atom. The Hall–Kier alpha value is -3.46. The molecule has 2 heterocycles. The molecule has 2 aromatic carbocycles. The minimum absolute atomic E-state index is 0.168. The quantitative estimate of drug-likeness (QED) is 0.397. The number of carbonyl (C=O) groups is 1. The van der Waals surface area contributed by atoms with E-state index in [0.717, 1.165) is 60.6 Å². The van der Waals surface area contributed by atoms with Crippen LogP contribution in [0.4, 0.5) is 11.5 Å². The van der Waals surface area contributed by atoms with Crippen LogP contribution >= 0.6 is 12.2 Å². The van der Waals surface area contributed by atoms with E-state index in [2.05, 4.69) is 25.1 Å². The molecule has 0 bridgehead atoms. The summed E-state index contributed by atoms with van der Waals surface area (Å²) < 4.78 is 10.9. The molecule has 1 aliphatic heterocycles. The second-order valence-corrected chi connectivity index (χ2v) is 8.46. The van der Waals surface area contributed by atoms with Crippen LogP contribution in [0, 0.1) is 0 Å². The molecule has 8 nitrogen and oxygen atoms in total. The van der Waals surface area contributed by atoms with E-state index in [0.29, 0.717) is 23.0 Å². The number of fused-ring (bicyclic) bond motifs is 1. The molecule has 0 spiro atoms. The van der Waals surface area contributed by atoms with Gasteiger partial charge in [0, 0.05) is 55.3 Å². The van der Waals surface area contributed by atoms with Crippen molar-refractivity contribution >= 4 is 45.5 Å². The number of hydrogen-bond acceptors (Lipinski definition) is 7. The van der Waals surface area contributed by atoms with E-state index >= 15 is 0 Å². The Kier molecular flexibility index (Phi) is 7.42. The van der Waals surface area contributed by atoms with Crippen molar-refractivity contribution in [1.82, 2.24) is 14.9 Å². The van der Waals surface area contributed by atoms with Crippen LogP contribution in [0.25, 0.3) is 10.9 Å². The summed E-state index contributed by atoms with van der Waals surface area (Å²) >= 11 is 5.65. The van der Waals surface area contributed by atoms with Gasteiger partial charge in [-0.3, -0.25) is 4.79 Å². The van der Waals surface area contributed by atoms with Crippen molar-refractivity contribution in [3.8, 4) is 11.5 Å². The Balaban J connectivity index is 1.41. The third kappa shape index (κ3) is 5.04. The highest BCUT2D eigenvalue weighted by Gasteiger charge is 2.22. The SMILES string of the molecule is CCCC(=O)c1ccc(NC(=S)N2CCN(c3ncnc4cc(OC)c(OC)cc34)CC2)cc1. The summed E-state index contributed by atoms with van der Waals surface area (Å²) in [6, 6.07) is 11.3. The van der Waals surface area contributed by atoms with Gasteiger partial charge < -0.3 is 24.6 Å². The Morgan fingerprint density at radius 1 is 1.03 bits per heavy atom. The number of anilines is 2. The minimum Gasteiger partial charge on any atom is -0.493 e. The minimum atomic E-state index is 0.168. The van der Waals surface area contributed by atoms with Crippen LogP contribution in [0.1, 0.15) is 30.1 Å². The van der Waals surface area contributed by atoms with Crippen LogP contribution < -0.4 is 19.7 Å². The van der Waals surface area contributed by atoms with Gasteiger partial charge in [0.15, 0.2) is 22.4 Å². The van der Waals surface area contributed by atoms with E-state index in [9.17, 15) is 4.79 Å². The fraction of sp³-hybridized carbons (Fsp3) is 0.360. The van der Waals surface area contributed by atoms with Crippen molar-refractivity contribution in [1.29, 1.82) is 0 Å². The third-order valence-electron chi connectivity index (χ3n) is 5.92. The molecule has 1 fully saturated rings. The number of nitrogens with zero attached hydrogens (tertiary/aromatic N) is 4. The van der Waals surface area contributed by atoms with Crippen molar-refractivity contribution < 1.29 is 14.3 Å². The molecule has 1 aliphatic rings. The standard InChI is InChI=1S/C25H29N5O3S/c1-4-5-21(31)17-6-8-18(9-7-17)28-25(34)30-12-10-29(11-13-30)24-19-14-22(32-2)23(33-3)15-20(19)26-16-27-24/h6-9,14-16H,4-5,10-13H2,1-3H3,(H,28,34). The monoisotopic (exact) mass is 479 g/mol. The van der Waals surface area contributed by atoms with Crippen LogP contribution in [0.3, 0.4) is 0 Å². The molecule has 0 unspecified atom stereocenters. The maximum atomic E-state index is 12.0. The van der Waals surface area contributed by atoms with E-state index in [1.807, 2.05) is 43.3 Å². The lowest BCUT2D eigenvalue weighted by atomic mass is 10.1. The van der Waals surface area contributed by atoms with Crippen molar-refractivity contribution in [2.45, 2.75) is 19.8 Å². The molecule has 1 N–H and O–H groups in total. The van der Waals surface area contributed by atoms with Gasteiger partial charge in [0.05, 0.1) is 19.7 Å². The summed E-state index contributed by atoms with van der Waals surface area (Å²) in [5, 5.41) is 4.89. The molecule has 0 radical (unpaired) electrons. The number of ether oxygens (including phenoxy) is 2. The number of benzene rings is 2. The lowest BCUT2D eigenvalue weighted by Gasteiger charge is -2.37. The Labute approximate surface area is 204 Å². The van der Waals surface area contributed by atoms with Gasteiger partial charge in [-0.15, -0.1) is 0 Å². The number of methoxy groups -OCH3 is 2. The maximum Gasteiger partial charge on any atom is 0.173 e. The summed E-state index contributed by atoms with van der Waals surface area (Å²) in [6.07, 6.45) is 3.00. The molecule has 3 aromatic rings. The zero-order chi connectivity index (χ0) is 24.1. The van der Waals surface area contributed by atoms with Gasteiger partial charge in [-0.05, 0) is 49.0 Å². The zero-order valence-electron chi connectivity index (χ0n) is 19.7. The van der Waals surface area contributed by atoms with Gasteiger partial charge in [0.1, 0.15) is 12.1 Å². The molecule has 0 atom stereocenters. The average Bonchev–Trinajstić information content (AvgIpc) is 2.88. The molecule has 1 aromatic heterocycles. The second-order valence-electron chi connectivity index (χ2n) is 8.08. The summed E-state index contributed by atoms with van der Waals surface area (Å²) in [6.45, 7) is 5.07. The summed E-state index contributed by atoms with van der Waals surface area (Å²) in [4.78, 5) is 25.4. The Morgan fingerprint density at radius 3 is 2.35 bits per heavy atom. The summed E-state index contributed by atoms with van der Waals surface area (Å²) in [5.41, 5.74) is 2.42. The fourth-order valence-corrected chi connectivity index (χ4v) is 4.36. The van der Waals surface area contributed by atoms with Gasteiger partial charge in [0.2, 0.25) is 0 Å². The van der Waals surface area contributed by atoms with Gasteiger partial charge in [0.25, 0.3) is 0 Å². The number of carbonyl (C=O) groups excluding carboxylic acids is 1. The van der Waals surface area contributed by atoms with Crippen LogP contribution in [0.5, 0.6) is 11.5 Å². The first-order valence-corrected chi connectivity index (χ1v) is 11.8. The van der Waals surface area contributed by atoms with Crippen LogP contribution in [-0.4, -0.2) is 66.2 Å². The van der Waals surface area contributed by atoms with E-state index in [4.69, 9.17) is 21.7 Å². The van der Waals surface area contributed by atoms with Crippen LogP contribution in [-0.2, 0) is 0 Å². The molecule has 0 aliphatic carbocycles. The van der Waals surface area contributed by atoms with E-state index < -0.39 is 0 Å². The number of piperazine rings is 1. The first kappa shape index (κ1) is 23.7. The molecular formula is C25H29N5O3S. The number of ketones is 1. The third-order valence-corrected chi connectivity index (χ3v) is 6.28. The Bertz CT molecular complexity index is 1180. The second kappa shape index (κ2) is 10.6. The number of Topliss-reactive ketones (excluding diaryl/α,β-unsaturated/α-hetero) is 1. The van der Waals surface area contributed by atoms with Crippen LogP contribution in [0.2, 0.25) is 0 Å². The summed E-state index contributed by atoms with van der Waals surface area (Å²) in [5.74, 6) is 2.33. The topological polar surface area (TPSA) is 79.8 Å². The number of nitrogens with one attached hydrogen (secondary N) is 1. The van der Waals surface area contributed by atoms with Crippen molar-refractivity contribution in [3.05, 3.63) is 48.3 Å². The first-order valence-electron chi connectivity index (χ1n) is 11.3. The van der Waals surface area contributed by atoms with Crippen molar-refractivity contribution in [3.63, 3.8) is 0 Å². The predicted octanol–water partition coefficient (Wildman–Crippen LogP) is 4.15. The number of thiocarbonyl (C=S) groups is 1. The van der Waals surface area contributed by atoms with Gasteiger partial charge >= 0.3 is 0 Å². The average molecular weight is 480 g/mol. The predicted molar refractivity (Wildman–Crippen MR) is 138 cm³/mol. The van der Waals surface area contributed by atoms with E-state index in [1.54, 1.807) is 20.5 Å². The highest BCUT2D eigenvalue weighted by atomic mass is 32.1. The fourth-order valence-electron chi connectivity index (χ4n) is 4.06. The molecule has 0 amide bonds. The lowest BCUT2D eigenvalue weighted by Crippen LogP contribution is -2.50. The van der Waals surface area contributed by atoms with Gasteiger partial charge in [-0.1, -0.05) is 6.92 Å². The van der Waals surface area contributed by atoms with Crippen LogP contribution in [0.15, 0.2) is 42.7 Å². The maximum absolute atomic E-state index is 12.0. The van der Waals surface area contributed by atoms with Crippen molar-refractivity contribution in [2.24, 2.45) is 0 Å². The molecule has 178 valence electrons. The number of rotatable bonds is 7. The summed E-state index contributed by atoms with van der Waals surface area (Å²) in [7, 11) is 3.23. The zero-order valence-corrected chi connectivity index (χ0v) is 20.5. The van der Waals surface area contributed by atoms with Gasteiger partial charge in [-0.25, -0.2) is 9.97 Å². The van der Waals surface area contributed by atoms with E-state index in [-0.39, 0.29) is 5.78 Å². The highest BCUT2D eigenvalue weighted by molar-refractivity contribution is 7.80. The smallest absolute Gasteiger partial charge is 0.173 e. The number of aromatic nitrogens is 2. The number of hydrogen-bond donors (Lipinski definition) is 1. The molecular weight excluding hydrogens is 450 g/mol. The highest BCUT2D eigenvalue weighted by Crippen LogP contribution is 2.35. The normalized spacial score (nSPS) is 13.6.